The Labute approximate surface area is 186 Å². The highest BCUT2D eigenvalue weighted by Gasteiger charge is 2.36. The molecule has 4 nitrogen and oxygen atoms in total. The van der Waals surface area contributed by atoms with Crippen LogP contribution in [0.1, 0.15) is 36.5 Å². The first-order chi connectivity index (χ1) is 14.9. The molecule has 2 atom stereocenters. The Kier molecular flexibility index (Phi) is 8.22. The molecule has 168 valence electrons. The van der Waals surface area contributed by atoms with Crippen molar-refractivity contribution in [2.24, 2.45) is 11.8 Å². The highest BCUT2D eigenvalue weighted by molar-refractivity contribution is 5.78. The number of ether oxygens (including phenoxy) is 1. The van der Waals surface area contributed by atoms with Gasteiger partial charge in [-0.3, -0.25) is 9.69 Å². The van der Waals surface area contributed by atoms with Gasteiger partial charge in [-0.1, -0.05) is 55.8 Å². The van der Waals surface area contributed by atoms with E-state index in [0.29, 0.717) is 19.7 Å². The summed E-state index contributed by atoms with van der Waals surface area (Å²) >= 11 is 0. The van der Waals surface area contributed by atoms with E-state index < -0.39 is 0 Å². The molecule has 1 aliphatic rings. The van der Waals surface area contributed by atoms with Gasteiger partial charge in [0.15, 0.2) is 0 Å². The van der Waals surface area contributed by atoms with E-state index in [2.05, 4.69) is 36.1 Å². The fraction of sp³-hybridized carbons (Fsp3) is 0.500. The maximum absolute atomic E-state index is 14.0. The Morgan fingerprint density at radius 1 is 1.19 bits per heavy atom. The van der Waals surface area contributed by atoms with Crippen LogP contribution in [-0.4, -0.2) is 55.6 Å². The first-order valence-corrected chi connectivity index (χ1v) is 11.2. The van der Waals surface area contributed by atoms with Crippen LogP contribution in [-0.2, 0) is 16.1 Å². The number of halogens is 1. The van der Waals surface area contributed by atoms with Gasteiger partial charge >= 0.3 is 0 Å². The molecule has 2 aromatic rings. The molecular weight excluding hydrogens is 391 g/mol. The quantitative estimate of drug-likeness (QED) is 0.593. The molecule has 1 fully saturated rings. The normalized spacial score (nSPS) is 19.2. The molecule has 2 aromatic carbocycles. The predicted molar refractivity (Wildman–Crippen MR) is 122 cm³/mol. The van der Waals surface area contributed by atoms with E-state index >= 15 is 0 Å². The standard InChI is InChI=1S/C26H35FN2O2/c1-19(2)26(30)29(11-12-31-4)17-23-16-28(15-21-8-5-7-20(3)13-21)18-25(23)22-9-6-10-24(27)14-22/h5-10,13-14,19,23,25H,11-12,15-18H2,1-4H3/t23-,25+/m1/s1. The Morgan fingerprint density at radius 2 is 1.97 bits per heavy atom. The van der Waals surface area contributed by atoms with Gasteiger partial charge in [-0.05, 0) is 36.1 Å². The van der Waals surface area contributed by atoms with Gasteiger partial charge in [0.2, 0.25) is 5.91 Å². The van der Waals surface area contributed by atoms with Crippen LogP contribution in [0.5, 0.6) is 0 Å². The minimum atomic E-state index is -0.206. The third-order valence-corrected chi connectivity index (χ3v) is 6.11. The van der Waals surface area contributed by atoms with Gasteiger partial charge in [0.1, 0.15) is 5.82 Å². The monoisotopic (exact) mass is 426 g/mol. The van der Waals surface area contributed by atoms with Crippen molar-refractivity contribution in [3.63, 3.8) is 0 Å². The van der Waals surface area contributed by atoms with Gasteiger partial charge < -0.3 is 9.64 Å². The number of hydrogen-bond donors (Lipinski definition) is 0. The first kappa shape index (κ1) is 23.4. The Balaban J connectivity index is 1.81. The molecule has 1 heterocycles. The highest BCUT2D eigenvalue weighted by atomic mass is 19.1. The maximum Gasteiger partial charge on any atom is 0.225 e. The number of amides is 1. The van der Waals surface area contributed by atoms with Crippen molar-refractivity contribution >= 4 is 5.91 Å². The molecule has 1 saturated heterocycles. The fourth-order valence-corrected chi connectivity index (χ4v) is 4.60. The summed E-state index contributed by atoms with van der Waals surface area (Å²) < 4.78 is 19.3. The van der Waals surface area contributed by atoms with Crippen molar-refractivity contribution < 1.29 is 13.9 Å². The molecule has 0 saturated carbocycles. The molecule has 0 aliphatic carbocycles. The lowest BCUT2D eigenvalue weighted by Crippen LogP contribution is -2.41. The molecule has 0 radical (unpaired) electrons. The number of likely N-dealkylation sites (tertiary alicyclic amines) is 1. The molecular formula is C26H35FN2O2. The van der Waals surface area contributed by atoms with Crippen LogP contribution in [0, 0.1) is 24.6 Å². The second-order valence-electron chi connectivity index (χ2n) is 9.04. The molecule has 0 N–H and O–H groups in total. The summed E-state index contributed by atoms with van der Waals surface area (Å²) in [4.78, 5) is 17.2. The average molecular weight is 427 g/mol. The van der Waals surface area contributed by atoms with E-state index in [1.807, 2.05) is 24.8 Å². The summed E-state index contributed by atoms with van der Waals surface area (Å²) in [7, 11) is 1.66. The van der Waals surface area contributed by atoms with Crippen molar-refractivity contribution in [1.82, 2.24) is 9.80 Å². The number of hydrogen-bond acceptors (Lipinski definition) is 3. The number of benzene rings is 2. The summed E-state index contributed by atoms with van der Waals surface area (Å²) in [6.07, 6.45) is 0. The molecule has 0 unspecified atom stereocenters. The summed E-state index contributed by atoms with van der Waals surface area (Å²) in [6, 6.07) is 15.5. The number of carbonyl (C=O) groups is 1. The van der Waals surface area contributed by atoms with E-state index in [9.17, 15) is 9.18 Å². The fourth-order valence-electron chi connectivity index (χ4n) is 4.60. The van der Waals surface area contributed by atoms with Crippen molar-refractivity contribution in [2.45, 2.75) is 33.2 Å². The Bertz CT molecular complexity index is 870. The number of rotatable bonds is 9. The van der Waals surface area contributed by atoms with Gasteiger partial charge in [0.05, 0.1) is 6.61 Å². The third kappa shape index (κ3) is 6.37. The van der Waals surface area contributed by atoms with Crippen LogP contribution in [0.3, 0.4) is 0 Å². The average Bonchev–Trinajstić information content (AvgIpc) is 3.12. The number of nitrogens with zero attached hydrogens (tertiary/aromatic N) is 2. The lowest BCUT2D eigenvalue weighted by Gasteiger charge is -2.29. The van der Waals surface area contributed by atoms with Crippen LogP contribution in [0.2, 0.25) is 0 Å². The molecule has 0 spiro atoms. The van der Waals surface area contributed by atoms with Gasteiger partial charge in [-0.25, -0.2) is 4.39 Å². The van der Waals surface area contributed by atoms with E-state index in [1.165, 1.54) is 17.2 Å². The molecule has 5 heteroatoms. The van der Waals surface area contributed by atoms with Gasteiger partial charge in [-0.15, -0.1) is 0 Å². The van der Waals surface area contributed by atoms with Gasteiger partial charge in [0.25, 0.3) is 0 Å². The largest absolute Gasteiger partial charge is 0.383 e. The zero-order valence-corrected chi connectivity index (χ0v) is 19.2. The Hall–Kier alpha value is -2.24. The smallest absolute Gasteiger partial charge is 0.225 e. The lowest BCUT2D eigenvalue weighted by molar-refractivity contribution is -0.135. The second-order valence-corrected chi connectivity index (χ2v) is 9.04. The van der Waals surface area contributed by atoms with E-state index in [1.54, 1.807) is 19.2 Å². The van der Waals surface area contributed by atoms with E-state index in [0.717, 1.165) is 25.2 Å². The van der Waals surface area contributed by atoms with Crippen LogP contribution >= 0.6 is 0 Å². The number of methoxy groups -OCH3 is 1. The topological polar surface area (TPSA) is 32.8 Å². The summed E-state index contributed by atoms with van der Waals surface area (Å²) in [5.41, 5.74) is 3.55. The third-order valence-electron chi connectivity index (χ3n) is 6.11. The molecule has 0 aromatic heterocycles. The molecule has 1 aliphatic heterocycles. The molecule has 1 amide bonds. The lowest BCUT2D eigenvalue weighted by atomic mass is 9.88. The first-order valence-electron chi connectivity index (χ1n) is 11.2. The molecule has 0 bridgehead atoms. The van der Waals surface area contributed by atoms with E-state index in [4.69, 9.17) is 4.74 Å². The number of carbonyl (C=O) groups excluding carboxylic acids is 1. The van der Waals surface area contributed by atoms with Crippen LogP contribution < -0.4 is 0 Å². The zero-order chi connectivity index (χ0) is 22.4. The van der Waals surface area contributed by atoms with Crippen LogP contribution in [0.4, 0.5) is 4.39 Å². The minimum absolute atomic E-state index is 0.0609. The van der Waals surface area contributed by atoms with Crippen molar-refractivity contribution in [2.75, 3.05) is 39.9 Å². The SMILES string of the molecule is COCCN(C[C@H]1CN(Cc2cccc(C)c2)C[C@H]1c1cccc(F)c1)C(=O)C(C)C. The van der Waals surface area contributed by atoms with Crippen molar-refractivity contribution in [1.29, 1.82) is 0 Å². The summed E-state index contributed by atoms with van der Waals surface area (Å²) in [5.74, 6) is 0.306. The van der Waals surface area contributed by atoms with Crippen LogP contribution in [0.25, 0.3) is 0 Å². The predicted octanol–water partition coefficient (Wildman–Crippen LogP) is 4.48. The Morgan fingerprint density at radius 3 is 2.65 bits per heavy atom. The number of aryl methyl sites for hydroxylation is 1. The molecule has 3 rings (SSSR count). The van der Waals surface area contributed by atoms with E-state index in [-0.39, 0.29) is 29.5 Å². The van der Waals surface area contributed by atoms with Gasteiger partial charge in [0, 0.05) is 51.7 Å². The second kappa shape index (κ2) is 10.9. The van der Waals surface area contributed by atoms with Crippen LogP contribution in [0.15, 0.2) is 48.5 Å². The highest BCUT2D eigenvalue weighted by Crippen LogP contribution is 2.34. The van der Waals surface area contributed by atoms with Crippen molar-refractivity contribution in [3.8, 4) is 0 Å². The summed E-state index contributed by atoms with van der Waals surface area (Å²) in [5, 5.41) is 0. The maximum atomic E-state index is 14.0. The zero-order valence-electron chi connectivity index (χ0n) is 19.2. The molecule has 31 heavy (non-hydrogen) atoms. The minimum Gasteiger partial charge on any atom is -0.383 e. The van der Waals surface area contributed by atoms with Gasteiger partial charge in [-0.2, -0.15) is 0 Å². The summed E-state index contributed by atoms with van der Waals surface area (Å²) in [6.45, 7) is 10.3. The van der Waals surface area contributed by atoms with Crippen molar-refractivity contribution in [3.05, 3.63) is 71.0 Å².